The Bertz CT molecular complexity index is 221. The van der Waals surface area contributed by atoms with Gasteiger partial charge in [0.25, 0.3) is 0 Å². The van der Waals surface area contributed by atoms with Crippen LogP contribution in [-0.4, -0.2) is 24.4 Å². The highest BCUT2D eigenvalue weighted by Crippen LogP contribution is 2.09. The van der Waals surface area contributed by atoms with E-state index in [1.54, 1.807) is 11.3 Å². The zero-order valence-corrected chi connectivity index (χ0v) is 9.43. The van der Waals surface area contributed by atoms with Crippen molar-refractivity contribution in [3.8, 4) is 0 Å². The van der Waals surface area contributed by atoms with Gasteiger partial charge in [-0.3, -0.25) is 0 Å². The number of hydrogen-bond acceptors (Lipinski definition) is 3. The molecule has 0 fully saturated rings. The monoisotopic (exact) mass is 214 g/mol. The molecule has 1 aromatic rings. The number of aryl methyl sites for hydroxylation is 1. The van der Waals surface area contributed by atoms with E-state index in [9.17, 15) is 5.11 Å². The molecule has 0 saturated heterocycles. The molecule has 3 heteroatoms. The summed E-state index contributed by atoms with van der Waals surface area (Å²) in [6, 6.07) is 2.10. The van der Waals surface area contributed by atoms with Crippen LogP contribution in [0.4, 0.5) is 0 Å². The Balaban J connectivity index is 2.06. The minimum atomic E-state index is -0.318. The zero-order valence-electron chi connectivity index (χ0n) is 8.61. The molecule has 0 aromatic carbocycles. The van der Waals surface area contributed by atoms with Gasteiger partial charge in [0.1, 0.15) is 0 Å². The van der Waals surface area contributed by atoms with Gasteiger partial charge in [-0.15, -0.1) is 0 Å². The lowest BCUT2D eigenvalue weighted by atomic mass is 10.1. The molecule has 0 aliphatic heterocycles. The molecule has 1 heterocycles. The van der Waals surface area contributed by atoms with Crippen molar-refractivity contribution in [3.63, 3.8) is 0 Å². The lowest BCUT2D eigenvalue weighted by Crippen LogP contribution is -2.16. The third-order valence-electron chi connectivity index (χ3n) is 2.01. The van der Waals surface area contributed by atoms with Gasteiger partial charge in [0.2, 0.25) is 0 Å². The maximum absolute atomic E-state index is 9.55. The highest BCUT2D eigenvalue weighted by atomic mass is 32.1. The van der Waals surface area contributed by atoms with Crippen molar-refractivity contribution < 1.29 is 9.84 Å². The van der Waals surface area contributed by atoms with E-state index in [1.807, 2.05) is 0 Å². The summed E-state index contributed by atoms with van der Waals surface area (Å²) in [7, 11) is 0. The van der Waals surface area contributed by atoms with Crippen molar-refractivity contribution in [2.45, 2.75) is 32.3 Å². The minimum Gasteiger partial charge on any atom is -0.391 e. The Morgan fingerprint density at radius 2 is 2.43 bits per heavy atom. The molecule has 0 radical (unpaired) electrons. The van der Waals surface area contributed by atoms with Crippen LogP contribution >= 0.6 is 11.3 Å². The number of thiophene rings is 1. The van der Waals surface area contributed by atoms with Gasteiger partial charge in [-0.25, -0.2) is 0 Å². The van der Waals surface area contributed by atoms with Crippen LogP contribution in [0.2, 0.25) is 0 Å². The number of rotatable bonds is 7. The van der Waals surface area contributed by atoms with E-state index in [1.165, 1.54) is 5.56 Å². The predicted molar refractivity (Wildman–Crippen MR) is 59.8 cm³/mol. The Morgan fingerprint density at radius 3 is 3.07 bits per heavy atom. The number of aliphatic hydroxyl groups is 1. The van der Waals surface area contributed by atoms with Crippen LogP contribution in [0.15, 0.2) is 16.8 Å². The van der Waals surface area contributed by atoms with Crippen molar-refractivity contribution in [3.05, 3.63) is 22.4 Å². The highest BCUT2D eigenvalue weighted by molar-refractivity contribution is 7.07. The summed E-state index contributed by atoms with van der Waals surface area (Å²) in [6.45, 7) is 3.28. The fraction of sp³-hybridized carbons (Fsp3) is 0.636. The van der Waals surface area contributed by atoms with Crippen LogP contribution in [0.1, 0.15) is 25.3 Å². The molecule has 0 bridgehead atoms. The van der Waals surface area contributed by atoms with E-state index in [0.717, 1.165) is 25.9 Å². The first-order chi connectivity index (χ1) is 6.83. The standard InChI is InChI=1S/C11H18O2S/c1-2-6-13-8-11(12)4-3-10-5-7-14-9-10/h5,7,9,11-12H,2-4,6,8H2,1H3. The minimum absolute atomic E-state index is 0.318. The fourth-order valence-electron chi connectivity index (χ4n) is 1.22. The fourth-order valence-corrected chi connectivity index (χ4v) is 1.92. The normalized spacial score (nSPS) is 13.0. The molecule has 1 N–H and O–H groups in total. The van der Waals surface area contributed by atoms with Crippen LogP contribution in [0.3, 0.4) is 0 Å². The Kier molecular flexibility index (Phi) is 5.83. The molecule has 80 valence electrons. The lowest BCUT2D eigenvalue weighted by molar-refractivity contribution is 0.0331. The second-order valence-corrected chi connectivity index (χ2v) is 4.18. The molecular weight excluding hydrogens is 196 g/mol. The molecule has 0 amide bonds. The largest absolute Gasteiger partial charge is 0.391 e. The van der Waals surface area contributed by atoms with Crippen LogP contribution < -0.4 is 0 Å². The first-order valence-electron chi connectivity index (χ1n) is 5.09. The quantitative estimate of drug-likeness (QED) is 0.707. The molecule has 0 spiro atoms. The van der Waals surface area contributed by atoms with Gasteiger partial charge in [-0.05, 0) is 41.7 Å². The van der Waals surface area contributed by atoms with E-state index in [0.29, 0.717) is 6.61 Å². The van der Waals surface area contributed by atoms with Crippen LogP contribution in [0, 0.1) is 0 Å². The molecule has 1 rings (SSSR count). The van der Waals surface area contributed by atoms with Gasteiger partial charge in [0.05, 0.1) is 12.7 Å². The first-order valence-corrected chi connectivity index (χ1v) is 6.04. The van der Waals surface area contributed by atoms with E-state index in [2.05, 4.69) is 23.8 Å². The molecule has 0 saturated carbocycles. The summed E-state index contributed by atoms with van der Waals surface area (Å²) >= 11 is 1.70. The van der Waals surface area contributed by atoms with Crippen LogP contribution in [0.5, 0.6) is 0 Å². The highest BCUT2D eigenvalue weighted by Gasteiger charge is 2.04. The van der Waals surface area contributed by atoms with Gasteiger partial charge < -0.3 is 9.84 Å². The van der Waals surface area contributed by atoms with Crippen molar-refractivity contribution >= 4 is 11.3 Å². The summed E-state index contributed by atoms with van der Waals surface area (Å²) in [5.74, 6) is 0. The van der Waals surface area contributed by atoms with Crippen LogP contribution in [0.25, 0.3) is 0 Å². The third kappa shape index (κ3) is 4.74. The number of ether oxygens (including phenoxy) is 1. The molecule has 0 aliphatic carbocycles. The van der Waals surface area contributed by atoms with Gasteiger partial charge >= 0.3 is 0 Å². The summed E-state index contributed by atoms with van der Waals surface area (Å²) in [5, 5.41) is 13.7. The third-order valence-corrected chi connectivity index (χ3v) is 2.74. The number of hydrogen-bond donors (Lipinski definition) is 1. The van der Waals surface area contributed by atoms with Crippen molar-refractivity contribution in [1.82, 2.24) is 0 Å². The maximum atomic E-state index is 9.55. The molecule has 14 heavy (non-hydrogen) atoms. The van der Waals surface area contributed by atoms with Gasteiger partial charge in [0.15, 0.2) is 0 Å². The average molecular weight is 214 g/mol. The van der Waals surface area contributed by atoms with E-state index in [4.69, 9.17) is 4.74 Å². The average Bonchev–Trinajstić information content (AvgIpc) is 2.68. The topological polar surface area (TPSA) is 29.5 Å². The summed E-state index contributed by atoms with van der Waals surface area (Å²) < 4.78 is 5.27. The smallest absolute Gasteiger partial charge is 0.0776 e. The van der Waals surface area contributed by atoms with Crippen molar-refractivity contribution in [1.29, 1.82) is 0 Å². The zero-order chi connectivity index (χ0) is 10.2. The predicted octanol–water partition coefficient (Wildman–Crippen LogP) is 2.47. The molecule has 1 aromatic heterocycles. The van der Waals surface area contributed by atoms with E-state index in [-0.39, 0.29) is 6.10 Å². The Labute approximate surface area is 89.5 Å². The first kappa shape index (κ1) is 11.7. The molecule has 2 nitrogen and oxygen atoms in total. The SMILES string of the molecule is CCCOCC(O)CCc1ccsc1. The van der Waals surface area contributed by atoms with Gasteiger partial charge in [0, 0.05) is 6.61 Å². The Hall–Kier alpha value is -0.380. The number of aliphatic hydroxyl groups excluding tert-OH is 1. The molecule has 1 unspecified atom stereocenters. The van der Waals surface area contributed by atoms with Crippen LogP contribution in [-0.2, 0) is 11.2 Å². The lowest BCUT2D eigenvalue weighted by Gasteiger charge is -2.09. The van der Waals surface area contributed by atoms with Crippen molar-refractivity contribution in [2.75, 3.05) is 13.2 Å². The maximum Gasteiger partial charge on any atom is 0.0776 e. The Morgan fingerprint density at radius 1 is 1.57 bits per heavy atom. The second-order valence-electron chi connectivity index (χ2n) is 3.40. The van der Waals surface area contributed by atoms with Gasteiger partial charge in [-0.1, -0.05) is 6.92 Å². The van der Waals surface area contributed by atoms with Gasteiger partial charge in [-0.2, -0.15) is 11.3 Å². The van der Waals surface area contributed by atoms with Crippen molar-refractivity contribution in [2.24, 2.45) is 0 Å². The second kappa shape index (κ2) is 6.98. The molecule has 1 atom stereocenters. The van der Waals surface area contributed by atoms with E-state index >= 15 is 0 Å². The molecular formula is C11H18O2S. The summed E-state index contributed by atoms with van der Waals surface area (Å²) in [4.78, 5) is 0. The summed E-state index contributed by atoms with van der Waals surface area (Å²) in [5.41, 5.74) is 1.31. The molecule has 0 aliphatic rings. The summed E-state index contributed by atoms with van der Waals surface area (Å²) in [6.07, 6.45) is 2.43. The van der Waals surface area contributed by atoms with E-state index < -0.39 is 0 Å².